The summed E-state index contributed by atoms with van der Waals surface area (Å²) in [6.07, 6.45) is 3.83. The van der Waals surface area contributed by atoms with E-state index in [1.54, 1.807) is 11.3 Å². The van der Waals surface area contributed by atoms with Crippen LogP contribution in [0.2, 0.25) is 0 Å². The van der Waals surface area contributed by atoms with Gasteiger partial charge in [-0.2, -0.15) is 5.26 Å². The Kier molecular flexibility index (Phi) is 2.90. The lowest BCUT2D eigenvalue weighted by molar-refractivity contribution is 0.915. The number of allylic oxidation sites excluding steroid dienone is 1. The summed E-state index contributed by atoms with van der Waals surface area (Å²) in [5, 5.41) is 10.1. The van der Waals surface area contributed by atoms with Crippen LogP contribution in [0.3, 0.4) is 0 Å². The number of aryl methyl sites for hydroxylation is 1. The van der Waals surface area contributed by atoms with Crippen molar-refractivity contribution in [3.63, 3.8) is 0 Å². The Morgan fingerprint density at radius 2 is 2.16 bits per heavy atom. The van der Waals surface area contributed by atoms with E-state index in [4.69, 9.17) is 0 Å². The lowest BCUT2D eigenvalue weighted by Gasteiger charge is -1.97. The van der Waals surface area contributed by atoms with Crippen molar-refractivity contribution < 1.29 is 0 Å². The Morgan fingerprint density at radius 1 is 1.32 bits per heavy atom. The molecule has 3 nitrogen and oxygen atoms in total. The largest absolute Gasteiger partial charge is 0.351 e. The van der Waals surface area contributed by atoms with Crippen molar-refractivity contribution in [1.29, 1.82) is 5.26 Å². The average molecular weight is 265 g/mol. The monoisotopic (exact) mass is 265 g/mol. The minimum absolute atomic E-state index is 0.600. The second-order valence-corrected chi connectivity index (χ2v) is 5.23. The fraction of sp³-hybridized carbons (Fsp3) is 0.0667. The van der Waals surface area contributed by atoms with Crippen LogP contribution in [0.25, 0.3) is 21.9 Å². The molecule has 0 unspecified atom stereocenters. The molecule has 2 heterocycles. The topological polar surface area (TPSA) is 41.6 Å². The molecule has 0 N–H and O–H groups in total. The molecule has 1 aromatic carbocycles. The molecule has 0 amide bonds. The Hall–Kier alpha value is -2.38. The van der Waals surface area contributed by atoms with Crippen LogP contribution in [0.1, 0.15) is 10.7 Å². The summed E-state index contributed by atoms with van der Waals surface area (Å²) in [6.45, 7) is 0. The number of aromatic nitrogens is 2. The summed E-state index contributed by atoms with van der Waals surface area (Å²) in [5.41, 5.74) is 2.54. The van der Waals surface area contributed by atoms with Gasteiger partial charge < -0.3 is 4.57 Å². The standard InChI is InChI=1S/C15H11N3S/c1-18-8-4-5-12(18)9-11(10-16)15-17-13-6-2-3-7-14(13)19-15/h2-9H,1H3/b11-9-. The summed E-state index contributed by atoms with van der Waals surface area (Å²) in [7, 11) is 1.96. The normalized spacial score (nSPS) is 11.7. The first-order valence-corrected chi connectivity index (χ1v) is 6.68. The van der Waals surface area contributed by atoms with Gasteiger partial charge in [-0.1, -0.05) is 12.1 Å². The summed E-state index contributed by atoms with van der Waals surface area (Å²) >= 11 is 1.55. The van der Waals surface area contributed by atoms with Crippen LogP contribution < -0.4 is 0 Å². The second kappa shape index (κ2) is 4.71. The molecule has 0 saturated heterocycles. The van der Waals surface area contributed by atoms with Gasteiger partial charge in [0.15, 0.2) is 0 Å². The minimum Gasteiger partial charge on any atom is -0.351 e. The molecule has 0 fully saturated rings. The van der Waals surface area contributed by atoms with E-state index in [-0.39, 0.29) is 0 Å². The Bertz CT molecular complexity index is 769. The molecule has 3 rings (SSSR count). The van der Waals surface area contributed by atoms with Gasteiger partial charge in [0, 0.05) is 18.9 Å². The van der Waals surface area contributed by atoms with Crippen molar-refractivity contribution in [2.45, 2.75) is 0 Å². The molecule has 19 heavy (non-hydrogen) atoms. The van der Waals surface area contributed by atoms with Gasteiger partial charge in [-0.3, -0.25) is 0 Å². The maximum Gasteiger partial charge on any atom is 0.135 e. The SMILES string of the molecule is Cn1cccc1/C=C(/C#N)c1nc2ccccc2s1. The van der Waals surface area contributed by atoms with E-state index >= 15 is 0 Å². The molecule has 0 atom stereocenters. The number of para-hydroxylation sites is 1. The van der Waals surface area contributed by atoms with E-state index in [1.807, 2.05) is 60.3 Å². The molecular weight excluding hydrogens is 254 g/mol. The van der Waals surface area contributed by atoms with E-state index in [0.717, 1.165) is 20.9 Å². The smallest absolute Gasteiger partial charge is 0.135 e. The van der Waals surface area contributed by atoms with Crippen molar-refractivity contribution in [2.75, 3.05) is 0 Å². The Morgan fingerprint density at radius 3 is 2.84 bits per heavy atom. The number of hydrogen-bond acceptors (Lipinski definition) is 3. The van der Waals surface area contributed by atoms with Crippen LogP contribution >= 0.6 is 11.3 Å². The lowest BCUT2D eigenvalue weighted by atomic mass is 10.2. The van der Waals surface area contributed by atoms with E-state index < -0.39 is 0 Å². The van der Waals surface area contributed by atoms with E-state index in [0.29, 0.717) is 5.57 Å². The molecule has 2 aromatic heterocycles. The number of hydrogen-bond donors (Lipinski definition) is 0. The minimum atomic E-state index is 0.600. The zero-order valence-electron chi connectivity index (χ0n) is 10.4. The van der Waals surface area contributed by atoms with Crippen LogP contribution in [0.15, 0.2) is 42.6 Å². The quantitative estimate of drug-likeness (QED) is 0.663. The third kappa shape index (κ3) is 2.16. The highest BCUT2D eigenvalue weighted by Crippen LogP contribution is 2.27. The van der Waals surface area contributed by atoms with Gasteiger partial charge in [0.1, 0.15) is 11.1 Å². The third-order valence-corrected chi connectivity index (χ3v) is 3.99. The fourth-order valence-corrected chi connectivity index (χ4v) is 2.83. The van der Waals surface area contributed by atoms with Crippen LogP contribution in [-0.4, -0.2) is 9.55 Å². The zero-order chi connectivity index (χ0) is 13.2. The van der Waals surface area contributed by atoms with Gasteiger partial charge in [-0.15, -0.1) is 11.3 Å². The van der Waals surface area contributed by atoms with E-state index in [9.17, 15) is 5.26 Å². The van der Waals surface area contributed by atoms with Crippen molar-refractivity contribution in [1.82, 2.24) is 9.55 Å². The fourth-order valence-electron chi connectivity index (χ4n) is 1.90. The molecule has 4 heteroatoms. The van der Waals surface area contributed by atoms with E-state index in [1.165, 1.54) is 0 Å². The van der Waals surface area contributed by atoms with Gasteiger partial charge in [-0.25, -0.2) is 4.98 Å². The van der Waals surface area contributed by atoms with Crippen LogP contribution in [0.4, 0.5) is 0 Å². The van der Waals surface area contributed by atoms with Gasteiger partial charge in [-0.05, 0) is 30.3 Å². The predicted molar refractivity (Wildman–Crippen MR) is 78.5 cm³/mol. The maximum atomic E-state index is 9.33. The second-order valence-electron chi connectivity index (χ2n) is 4.20. The van der Waals surface area contributed by atoms with Crippen molar-refractivity contribution in [3.05, 3.63) is 53.3 Å². The summed E-state index contributed by atoms with van der Waals surface area (Å²) in [4.78, 5) is 4.51. The number of nitriles is 1. The van der Waals surface area contributed by atoms with Gasteiger partial charge in [0.25, 0.3) is 0 Å². The predicted octanol–water partition coefficient (Wildman–Crippen LogP) is 3.70. The molecule has 0 bridgehead atoms. The molecule has 0 aliphatic carbocycles. The number of benzene rings is 1. The number of fused-ring (bicyclic) bond motifs is 1. The van der Waals surface area contributed by atoms with Crippen LogP contribution in [0.5, 0.6) is 0 Å². The first kappa shape index (κ1) is 11.7. The van der Waals surface area contributed by atoms with Crippen molar-refractivity contribution in [2.24, 2.45) is 7.05 Å². The highest BCUT2D eigenvalue weighted by Gasteiger charge is 2.08. The first-order valence-electron chi connectivity index (χ1n) is 5.87. The van der Waals surface area contributed by atoms with E-state index in [2.05, 4.69) is 11.1 Å². The molecule has 0 aliphatic heterocycles. The zero-order valence-corrected chi connectivity index (χ0v) is 11.2. The summed E-state index contributed by atoms with van der Waals surface area (Å²) in [5.74, 6) is 0. The van der Waals surface area contributed by atoms with Crippen LogP contribution in [0, 0.1) is 11.3 Å². The van der Waals surface area contributed by atoms with Gasteiger partial charge in [0.2, 0.25) is 0 Å². The van der Waals surface area contributed by atoms with Crippen LogP contribution in [-0.2, 0) is 7.05 Å². The summed E-state index contributed by atoms with van der Waals surface area (Å²) < 4.78 is 3.08. The average Bonchev–Trinajstić information content (AvgIpc) is 3.02. The van der Waals surface area contributed by atoms with Gasteiger partial charge in [0.05, 0.1) is 15.8 Å². The number of rotatable bonds is 2. The molecular formula is C15H11N3S. The Balaban J connectivity index is 2.10. The molecule has 0 radical (unpaired) electrons. The Labute approximate surface area is 115 Å². The molecule has 92 valence electrons. The lowest BCUT2D eigenvalue weighted by Crippen LogP contribution is -1.88. The number of thiazole rings is 1. The maximum absolute atomic E-state index is 9.33. The van der Waals surface area contributed by atoms with Crippen molar-refractivity contribution in [3.8, 4) is 6.07 Å². The highest BCUT2D eigenvalue weighted by atomic mass is 32.1. The highest BCUT2D eigenvalue weighted by molar-refractivity contribution is 7.19. The summed E-state index contributed by atoms with van der Waals surface area (Å²) in [6, 6.07) is 14.1. The number of nitrogens with zero attached hydrogens (tertiary/aromatic N) is 3. The molecule has 0 spiro atoms. The third-order valence-electron chi connectivity index (χ3n) is 2.92. The molecule has 0 aliphatic rings. The van der Waals surface area contributed by atoms with Crippen molar-refractivity contribution >= 4 is 33.2 Å². The molecule has 0 saturated carbocycles. The van der Waals surface area contributed by atoms with Gasteiger partial charge >= 0.3 is 0 Å². The molecule has 3 aromatic rings. The first-order chi connectivity index (χ1) is 9.28.